The van der Waals surface area contributed by atoms with Crippen LogP contribution in [0.15, 0.2) is 12.2 Å². The van der Waals surface area contributed by atoms with Crippen molar-refractivity contribution in [3.05, 3.63) is 12.2 Å². The number of carbonyl (C=O) groups is 4. The van der Waals surface area contributed by atoms with Crippen molar-refractivity contribution >= 4 is 23.8 Å². The molecule has 0 heterocycles. The van der Waals surface area contributed by atoms with E-state index in [-0.39, 0.29) is 6.54 Å². The molecule has 0 aliphatic carbocycles. The summed E-state index contributed by atoms with van der Waals surface area (Å²) in [6.07, 6.45) is 1.86. The van der Waals surface area contributed by atoms with Gasteiger partial charge in [-0.15, -0.1) is 0 Å². The maximum absolute atomic E-state index is 11.5. The van der Waals surface area contributed by atoms with Crippen LogP contribution < -0.4 is 11.1 Å². The van der Waals surface area contributed by atoms with E-state index in [1.54, 1.807) is 20.8 Å². The average molecular weight is 330 g/mol. The van der Waals surface area contributed by atoms with Crippen LogP contribution in [0.5, 0.6) is 0 Å². The van der Waals surface area contributed by atoms with E-state index in [0.717, 1.165) is 12.2 Å². The number of esters is 3. The van der Waals surface area contributed by atoms with E-state index in [1.165, 1.54) is 7.11 Å². The van der Waals surface area contributed by atoms with Gasteiger partial charge in [-0.05, 0) is 20.8 Å². The van der Waals surface area contributed by atoms with Crippen LogP contribution in [0.2, 0.25) is 0 Å². The molecule has 0 aromatic rings. The molecule has 0 bridgehead atoms. The quantitative estimate of drug-likeness (QED) is 0.354. The summed E-state index contributed by atoms with van der Waals surface area (Å²) < 4.78 is 13.7. The normalized spacial score (nSPS) is 12.4. The molecular weight excluding hydrogens is 308 g/mol. The predicted molar refractivity (Wildman–Crippen MR) is 78.6 cm³/mol. The summed E-state index contributed by atoms with van der Waals surface area (Å²) >= 11 is 0. The van der Waals surface area contributed by atoms with Crippen molar-refractivity contribution in [2.45, 2.75) is 26.8 Å². The number of amides is 1. The Kier molecular flexibility index (Phi) is 8.56. The fraction of sp³-hybridized carbons (Fsp3) is 0.571. The van der Waals surface area contributed by atoms with Crippen molar-refractivity contribution in [2.75, 3.05) is 20.4 Å². The van der Waals surface area contributed by atoms with Gasteiger partial charge in [-0.1, -0.05) is 0 Å². The van der Waals surface area contributed by atoms with Crippen LogP contribution in [0.25, 0.3) is 0 Å². The fourth-order valence-electron chi connectivity index (χ4n) is 1.03. The molecule has 130 valence electrons. The minimum atomic E-state index is -1.14. The van der Waals surface area contributed by atoms with Gasteiger partial charge in [-0.2, -0.15) is 0 Å². The number of rotatable bonds is 7. The third kappa shape index (κ3) is 9.25. The Hall–Kier alpha value is -2.42. The molecule has 0 saturated carbocycles. The Bertz CT molecular complexity index is 480. The van der Waals surface area contributed by atoms with Crippen molar-refractivity contribution in [3.8, 4) is 0 Å². The number of hydrogen-bond acceptors (Lipinski definition) is 8. The van der Waals surface area contributed by atoms with E-state index >= 15 is 0 Å². The number of hydrogen-bond donors (Lipinski definition) is 2. The first kappa shape index (κ1) is 20.6. The maximum atomic E-state index is 11.5. The van der Waals surface area contributed by atoms with Crippen LogP contribution in [-0.2, 0) is 33.4 Å². The van der Waals surface area contributed by atoms with Gasteiger partial charge in [0, 0.05) is 18.7 Å². The number of methoxy groups -OCH3 is 1. The highest BCUT2D eigenvalue weighted by Crippen LogP contribution is 2.14. The second-order valence-corrected chi connectivity index (χ2v) is 5.47. The van der Waals surface area contributed by atoms with Crippen molar-refractivity contribution in [1.82, 2.24) is 5.32 Å². The molecule has 0 spiro atoms. The zero-order chi connectivity index (χ0) is 18.0. The highest BCUT2D eigenvalue weighted by Gasteiger charge is 2.24. The zero-order valence-corrected chi connectivity index (χ0v) is 13.6. The largest absolute Gasteiger partial charge is 0.466 e. The van der Waals surface area contributed by atoms with Crippen LogP contribution in [0.4, 0.5) is 0 Å². The first-order valence-corrected chi connectivity index (χ1v) is 6.71. The number of nitrogens with two attached hydrogens (primary N) is 1. The van der Waals surface area contributed by atoms with Gasteiger partial charge in [0.25, 0.3) is 0 Å². The molecular formula is C14H22N2O7. The maximum Gasteiger partial charge on any atom is 0.330 e. The molecule has 0 aromatic carbocycles. The Morgan fingerprint density at radius 3 is 2.26 bits per heavy atom. The molecule has 1 amide bonds. The summed E-state index contributed by atoms with van der Waals surface area (Å²) in [4.78, 5) is 45.1. The monoisotopic (exact) mass is 330 g/mol. The Balaban J connectivity index is 4.08. The van der Waals surface area contributed by atoms with Gasteiger partial charge in [0.05, 0.1) is 12.5 Å². The first-order chi connectivity index (χ1) is 10.6. The zero-order valence-electron chi connectivity index (χ0n) is 13.6. The van der Waals surface area contributed by atoms with Crippen LogP contribution in [0.1, 0.15) is 20.8 Å². The molecule has 9 heteroatoms. The summed E-state index contributed by atoms with van der Waals surface area (Å²) in [5.74, 6) is -2.69. The SMILES string of the molecule is COC(=O)/C=C/C(=O)NCC(N)C(=O)OCOC(=O)C(C)(C)C. The van der Waals surface area contributed by atoms with Crippen LogP contribution in [0, 0.1) is 5.41 Å². The summed E-state index contributed by atoms with van der Waals surface area (Å²) in [6.45, 7) is 4.19. The Morgan fingerprint density at radius 1 is 1.13 bits per heavy atom. The van der Waals surface area contributed by atoms with Crippen molar-refractivity contribution in [1.29, 1.82) is 0 Å². The molecule has 1 unspecified atom stereocenters. The third-order valence-electron chi connectivity index (χ3n) is 2.37. The molecule has 0 radical (unpaired) electrons. The lowest BCUT2D eigenvalue weighted by Gasteiger charge is -2.17. The smallest absolute Gasteiger partial charge is 0.330 e. The van der Waals surface area contributed by atoms with E-state index in [4.69, 9.17) is 10.5 Å². The molecule has 0 fully saturated rings. The molecule has 0 aliphatic heterocycles. The predicted octanol–water partition coefficient (Wildman–Crippen LogP) is -0.751. The fourth-order valence-corrected chi connectivity index (χ4v) is 1.03. The van der Waals surface area contributed by atoms with E-state index < -0.39 is 42.1 Å². The molecule has 0 rings (SSSR count). The molecule has 1 atom stereocenters. The summed E-state index contributed by atoms with van der Waals surface area (Å²) in [5.41, 5.74) is 4.79. The topological polar surface area (TPSA) is 134 Å². The van der Waals surface area contributed by atoms with E-state index in [2.05, 4.69) is 14.8 Å². The van der Waals surface area contributed by atoms with Gasteiger partial charge in [-0.3, -0.25) is 14.4 Å². The molecule has 0 aromatic heterocycles. The van der Waals surface area contributed by atoms with Gasteiger partial charge in [0.2, 0.25) is 12.7 Å². The summed E-state index contributed by atoms with van der Waals surface area (Å²) in [7, 11) is 1.17. The second kappa shape index (κ2) is 9.57. The Morgan fingerprint density at radius 2 is 1.74 bits per heavy atom. The second-order valence-electron chi connectivity index (χ2n) is 5.47. The molecule has 23 heavy (non-hydrogen) atoms. The van der Waals surface area contributed by atoms with Crippen molar-refractivity contribution in [3.63, 3.8) is 0 Å². The van der Waals surface area contributed by atoms with Gasteiger partial charge >= 0.3 is 17.9 Å². The minimum absolute atomic E-state index is 0.212. The Labute approximate surface area is 134 Å². The molecule has 3 N–H and O–H groups in total. The van der Waals surface area contributed by atoms with Crippen molar-refractivity contribution in [2.24, 2.45) is 11.1 Å². The van der Waals surface area contributed by atoms with E-state index in [9.17, 15) is 19.2 Å². The average Bonchev–Trinajstić information content (AvgIpc) is 2.48. The third-order valence-corrected chi connectivity index (χ3v) is 2.37. The lowest BCUT2D eigenvalue weighted by Crippen LogP contribution is -2.43. The lowest BCUT2D eigenvalue weighted by molar-refractivity contribution is -0.173. The molecule has 9 nitrogen and oxygen atoms in total. The molecule has 0 saturated heterocycles. The van der Waals surface area contributed by atoms with Crippen molar-refractivity contribution < 1.29 is 33.4 Å². The van der Waals surface area contributed by atoms with E-state index in [0.29, 0.717) is 0 Å². The van der Waals surface area contributed by atoms with Gasteiger partial charge < -0.3 is 25.3 Å². The van der Waals surface area contributed by atoms with Gasteiger partial charge in [-0.25, -0.2) is 4.79 Å². The van der Waals surface area contributed by atoms with Gasteiger partial charge in [0.15, 0.2) is 0 Å². The van der Waals surface area contributed by atoms with E-state index in [1.807, 2.05) is 0 Å². The number of carbonyl (C=O) groups excluding carboxylic acids is 4. The van der Waals surface area contributed by atoms with Crippen LogP contribution in [-0.4, -0.2) is 50.3 Å². The molecule has 0 aliphatic rings. The lowest BCUT2D eigenvalue weighted by atomic mass is 9.98. The standard InChI is InChI=1S/C14H22N2O7/c1-14(2,3)13(20)23-8-22-12(19)9(15)7-16-10(17)5-6-11(18)21-4/h5-6,9H,7-8,15H2,1-4H3,(H,16,17)/b6-5+. The van der Waals surface area contributed by atoms with Crippen LogP contribution >= 0.6 is 0 Å². The number of ether oxygens (including phenoxy) is 3. The highest BCUT2D eigenvalue weighted by molar-refractivity contribution is 5.94. The summed E-state index contributed by atoms with van der Waals surface area (Å²) in [6, 6.07) is -1.14. The van der Waals surface area contributed by atoms with Crippen LogP contribution in [0.3, 0.4) is 0 Å². The van der Waals surface area contributed by atoms with Gasteiger partial charge in [0.1, 0.15) is 6.04 Å². The number of nitrogens with one attached hydrogen (secondary N) is 1. The summed E-state index contributed by atoms with van der Waals surface area (Å²) in [5, 5.41) is 2.30. The minimum Gasteiger partial charge on any atom is -0.466 e. The first-order valence-electron chi connectivity index (χ1n) is 6.71. The highest BCUT2D eigenvalue weighted by atomic mass is 16.7.